The zero-order chi connectivity index (χ0) is 12.1. The molecule has 0 nitrogen and oxygen atoms in total. The highest BCUT2D eigenvalue weighted by molar-refractivity contribution is 5.34. The first-order chi connectivity index (χ1) is 7.56. The van der Waals surface area contributed by atoms with Crippen LogP contribution in [0, 0.1) is 31.6 Å². The van der Waals surface area contributed by atoms with E-state index in [0.29, 0.717) is 11.8 Å². The molecule has 0 heteroatoms. The Balaban J connectivity index is 2.95. The molecule has 86 valence electrons. The van der Waals surface area contributed by atoms with Crippen LogP contribution in [0.5, 0.6) is 0 Å². The summed E-state index contributed by atoms with van der Waals surface area (Å²) in [7, 11) is 0. The van der Waals surface area contributed by atoms with Gasteiger partial charge in [-0.1, -0.05) is 50.5 Å². The van der Waals surface area contributed by atoms with E-state index in [-0.39, 0.29) is 0 Å². The highest BCUT2D eigenvalue weighted by Crippen LogP contribution is 2.27. The van der Waals surface area contributed by atoms with Gasteiger partial charge in [-0.05, 0) is 30.9 Å². The zero-order valence-electron chi connectivity index (χ0n) is 11.1. The van der Waals surface area contributed by atoms with E-state index in [2.05, 4.69) is 64.7 Å². The van der Waals surface area contributed by atoms with Crippen molar-refractivity contribution in [2.75, 3.05) is 0 Å². The van der Waals surface area contributed by atoms with Crippen LogP contribution in [0.15, 0.2) is 18.2 Å². The van der Waals surface area contributed by atoms with Crippen LogP contribution in [-0.2, 0) is 0 Å². The summed E-state index contributed by atoms with van der Waals surface area (Å²) in [6.07, 6.45) is 0.948. The minimum atomic E-state index is 0.431. The second-order valence-electron chi connectivity index (χ2n) is 4.61. The maximum atomic E-state index is 3.33. The summed E-state index contributed by atoms with van der Waals surface area (Å²) in [6.45, 7) is 10.9. The van der Waals surface area contributed by atoms with Gasteiger partial charge in [0.15, 0.2) is 0 Å². The van der Waals surface area contributed by atoms with Crippen LogP contribution in [0.25, 0.3) is 0 Å². The third-order valence-electron chi connectivity index (χ3n) is 3.18. The summed E-state index contributed by atoms with van der Waals surface area (Å²) in [5.74, 6) is 7.45. The summed E-state index contributed by atoms with van der Waals surface area (Å²) in [4.78, 5) is 0. The Bertz CT molecular complexity index is 404. The monoisotopic (exact) mass is 214 g/mol. The first kappa shape index (κ1) is 12.8. The molecule has 0 heterocycles. The Labute approximate surface area is 100 Å². The predicted molar refractivity (Wildman–Crippen MR) is 71.6 cm³/mol. The largest absolute Gasteiger partial charge is 0.103 e. The Kier molecular flexibility index (Phi) is 4.62. The lowest BCUT2D eigenvalue weighted by Gasteiger charge is -2.18. The van der Waals surface area contributed by atoms with Gasteiger partial charge >= 0.3 is 0 Å². The van der Waals surface area contributed by atoms with E-state index in [1.54, 1.807) is 0 Å². The quantitative estimate of drug-likeness (QED) is 0.638. The summed E-state index contributed by atoms with van der Waals surface area (Å²) in [5.41, 5.74) is 4.16. The van der Waals surface area contributed by atoms with E-state index in [1.165, 1.54) is 16.7 Å². The lowest BCUT2D eigenvalue weighted by atomic mass is 9.86. The van der Waals surface area contributed by atoms with Gasteiger partial charge in [0.2, 0.25) is 0 Å². The Morgan fingerprint density at radius 1 is 1.19 bits per heavy atom. The molecule has 0 aliphatic carbocycles. The Morgan fingerprint density at radius 3 is 2.50 bits per heavy atom. The maximum Gasteiger partial charge on any atom is 0.0240 e. The molecule has 0 saturated heterocycles. The van der Waals surface area contributed by atoms with Crippen LogP contribution >= 0.6 is 0 Å². The molecule has 2 atom stereocenters. The molecule has 2 unspecified atom stereocenters. The molecular weight excluding hydrogens is 192 g/mol. The van der Waals surface area contributed by atoms with Crippen LogP contribution < -0.4 is 0 Å². The first-order valence-electron chi connectivity index (χ1n) is 6.11. The molecule has 0 saturated carbocycles. The minimum Gasteiger partial charge on any atom is -0.103 e. The van der Waals surface area contributed by atoms with E-state index in [9.17, 15) is 0 Å². The molecule has 1 rings (SSSR count). The van der Waals surface area contributed by atoms with Crippen LogP contribution in [0.2, 0.25) is 0 Å². The number of hydrogen-bond donors (Lipinski definition) is 0. The molecule has 16 heavy (non-hydrogen) atoms. The smallest absolute Gasteiger partial charge is 0.0240 e. The SMILES string of the molecule is CCC#CC(C)C(C)c1cc(C)ccc1C. The molecule has 0 spiro atoms. The van der Waals surface area contributed by atoms with Crippen molar-refractivity contribution in [2.45, 2.75) is 47.0 Å². The average Bonchev–Trinajstić information content (AvgIpc) is 2.28. The summed E-state index contributed by atoms with van der Waals surface area (Å²) in [5, 5.41) is 0. The lowest BCUT2D eigenvalue weighted by Crippen LogP contribution is -2.06. The van der Waals surface area contributed by atoms with Gasteiger partial charge in [0, 0.05) is 12.3 Å². The summed E-state index contributed by atoms with van der Waals surface area (Å²) in [6, 6.07) is 6.68. The van der Waals surface area contributed by atoms with Crippen molar-refractivity contribution in [3.63, 3.8) is 0 Å². The fourth-order valence-corrected chi connectivity index (χ4v) is 1.91. The van der Waals surface area contributed by atoms with Crippen LogP contribution in [0.4, 0.5) is 0 Å². The van der Waals surface area contributed by atoms with Crippen LogP contribution in [-0.4, -0.2) is 0 Å². The topological polar surface area (TPSA) is 0 Å². The molecule has 0 N–H and O–H groups in total. The van der Waals surface area contributed by atoms with Gasteiger partial charge in [-0.15, -0.1) is 5.92 Å². The second-order valence-corrected chi connectivity index (χ2v) is 4.61. The van der Waals surface area contributed by atoms with Gasteiger partial charge < -0.3 is 0 Å². The molecule has 1 aromatic rings. The van der Waals surface area contributed by atoms with Crippen molar-refractivity contribution in [2.24, 2.45) is 5.92 Å². The Morgan fingerprint density at radius 2 is 1.88 bits per heavy atom. The molecule has 0 amide bonds. The average molecular weight is 214 g/mol. The predicted octanol–water partition coefficient (Wildman–Crippen LogP) is 4.46. The van der Waals surface area contributed by atoms with Gasteiger partial charge in [-0.3, -0.25) is 0 Å². The van der Waals surface area contributed by atoms with Gasteiger partial charge in [-0.25, -0.2) is 0 Å². The normalized spacial score (nSPS) is 13.8. The molecular formula is C16H22. The molecule has 0 aliphatic rings. The second kappa shape index (κ2) is 5.75. The van der Waals surface area contributed by atoms with Gasteiger partial charge in [-0.2, -0.15) is 0 Å². The van der Waals surface area contributed by atoms with Gasteiger partial charge in [0.25, 0.3) is 0 Å². The third-order valence-corrected chi connectivity index (χ3v) is 3.18. The highest BCUT2D eigenvalue weighted by Gasteiger charge is 2.14. The molecule has 0 radical (unpaired) electrons. The van der Waals surface area contributed by atoms with Crippen molar-refractivity contribution in [3.05, 3.63) is 34.9 Å². The first-order valence-corrected chi connectivity index (χ1v) is 6.11. The van der Waals surface area contributed by atoms with Crippen molar-refractivity contribution in [3.8, 4) is 11.8 Å². The van der Waals surface area contributed by atoms with E-state index in [4.69, 9.17) is 0 Å². The van der Waals surface area contributed by atoms with Gasteiger partial charge in [0.05, 0.1) is 0 Å². The van der Waals surface area contributed by atoms with Crippen LogP contribution in [0.3, 0.4) is 0 Å². The minimum absolute atomic E-state index is 0.431. The zero-order valence-corrected chi connectivity index (χ0v) is 11.1. The van der Waals surface area contributed by atoms with Crippen molar-refractivity contribution < 1.29 is 0 Å². The molecule has 1 aromatic carbocycles. The third kappa shape index (κ3) is 3.14. The molecule has 0 aliphatic heterocycles. The van der Waals surface area contributed by atoms with Crippen molar-refractivity contribution in [1.82, 2.24) is 0 Å². The number of benzene rings is 1. The maximum absolute atomic E-state index is 3.33. The summed E-state index contributed by atoms with van der Waals surface area (Å²) < 4.78 is 0. The highest BCUT2D eigenvalue weighted by atomic mass is 14.2. The number of rotatable bonds is 2. The van der Waals surface area contributed by atoms with E-state index in [1.807, 2.05) is 0 Å². The molecule has 0 fully saturated rings. The van der Waals surface area contributed by atoms with Crippen LogP contribution in [0.1, 0.15) is 49.8 Å². The van der Waals surface area contributed by atoms with Crippen molar-refractivity contribution >= 4 is 0 Å². The van der Waals surface area contributed by atoms with E-state index >= 15 is 0 Å². The number of hydrogen-bond acceptors (Lipinski definition) is 0. The fraction of sp³-hybridized carbons (Fsp3) is 0.500. The number of aryl methyl sites for hydroxylation is 2. The summed E-state index contributed by atoms with van der Waals surface area (Å²) >= 11 is 0. The molecule has 0 aromatic heterocycles. The van der Waals surface area contributed by atoms with E-state index < -0.39 is 0 Å². The lowest BCUT2D eigenvalue weighted by molar-refractivity contribution is 0.606. The van der Waals surface area contributed by atoms with Crippen molar-refractivity contribution in [1.29, 1.82) is 0 Å². The standard InChI is InChI=1S/C16H22/c1-6-7-8-13(3)15(5)16-11-12(2)9-10-14(16)4/h9-11,13,15H,6H2,1-5H3. The fourth-order valence-electron chi connectivity index (χ4n) is 1.91. The van der Waals surface area contributed by atoms with E-state index in [0.717, 1.165) is 6.42 Å². The molecule has 0 bridgehead atoms. The Hall–Kier alpha value is -1.22. The van der Waals surface area contributed by atoms with Gasteiger partial charge in [0.1, 0.15) is 0 Å².